The molecule has 0 aromatic heterocycles. The molecule has 9 heteroatoms. The largest absolute Gasteiger partial charge is 0.442 e. The number of nitriles is 1. The summed E-state index contributed by atoms with van der Waals surface area (Å²) in [5.74, 6) is -0.803. The molecule has 2 amide bonds. The number of nitrogens with one attached hydrogen (secondary N) is 1. The van der Waals surface area contributed by atoms with Gasteiger partial charge in [0.2, 0.25) is 5.91 Å². The van der Waals surface area contributed by atoms with Crippen LogP contribution in [0.1, 0.15) is 20.3 Å². The molecule has 3 rings (SSSR count). The number of piperidine rings is 1. The van der Waals surface area contributed by atoms with E-state index in [9.17, 15) is 18.4 Å². The molecule has 29 heavy (non-hydrogen) atoms. The minimum atomic E-state index is -1.33. The van der Waals surface area contributed by atoms with Crippen molar-refractivity contribution in [2.75, 3.05) is 36.0 Å². The Bertz CT molecular complexity index is 896. The Labute approximate surface area is 167 Å². The van der Waals surface area contributed by atoms with Gasteiger partial charge in [-0.3, -0.25) is 9.69 Å². The highest BCUT2D eigenvalue weighted by Crippen LogP contribution is 2.31. The summed E-state index contributed by atoms with van der Waals surface area (Å²) in [7, 11) is 0. The second-order valence-electron chi connectivity index (χ2n) is 7.11. The van der Waals surface area contributed by atoms with E-state index in [1.165, 1.54) is 24.0 Å². The lowest BCUT2D eigenvalue weighted by Crippen LogP contribution is -2.39. The zero-order valence-corrected chi connectivity index (χ0v) is 16.2. The molecule has 0 saturated carbocycles. The Kier molecular flexibility index (Phi) is 6.01. The maximum atomic E-state index is 14.8. The van der Waals surface area contributed by atoms with Crippen LogP contribution in [0.3, 0.4) is 0 Å². The molecule has 2 fully saturated rings. The lowest BCUT2D eigenvalue weighted by Gasteiger charge is -2.33. The number of amides is 2. The van der Waals surface area contributed by atoms with Crippen LogP contribution >= 0.6 is 0 Å². The number of allylic oxidation sites excluding steroid dienone is 1. The molecule has 1 aromatic carbocycles. The summed E-state index contributed by atoms with van der Waals surface area (Å²) < 4.78 is 34.4. The molecule has 2 saturated heterocycles. The van der Waals surface area contributed by atoms with Gasteiger partial charge in [-0.05, 0) is 37.1 Å². The van der Waals surface area contributed by atoms with E-state index in [1.807, 2.05) is 6.07 Å². The molecular weight excluding hydrogens is 382 g/mol. The monoisotopic (exact) mass is 404 g/mol. The lowest BCUT2D eigenvalue weighted by atomic mass is 9.97. The van der Waals surface area contributed by atoms with Crippen molar-refractivity contribution in [3.8, 4) is 6.07 Å². The summed E-state index contributed by atoms with van der Waals surface area (Å²) in [6, 6.07) is 6.28. The van der Waals surface area contributed by atoms with Crippen LogP contribution in [0.5, 0.6) is 0 Å². The highest BCUT2D eigenvalue weighted by atomic mass is 19.1. The standard InChI is InChI=1S/C20H22F2N4O3/c1-12(8-23)16-5-6-25(11-18(16)22)19-4-3-14(7-17(19)21)26-10-15(29-20(26)28)9-24-13(2)27/h3-4,7,15,18H,5-6,9-11H2,1-2H3,(H,24,27)/b16-12+. The molecule has 2 aliphatic heterocycles. The molecule has 2 heterocycles. The molecule has 2 atom stereocenters. The molecule has 0 bridgehead atoms. The lowest BCUT2D eigenvalue weighted by molar-refractivity contribution is -0.119. The summed E-state index contributed by atoms with van der Waals surface area (Å²) in [4.78, 5) is 26.0. The summed E-state index contributed by atoms with van der Waals surface area (Å²) >= 11 is 0. The number of rotatable bonds is 4. The first-order valence-corrected chi connectivity index (χ1v) is 9.31. The van der Waals surface area contributed by atoms with Gasteiger partial charge >= 0.3 is 6.09 Å². The average Bonchev–Trinajstić information content (AvgIpc) is 3.06. The fourth-order valence-corrected chi connectivity index (χ4v) is 3.54. The van der Waals surface area contributed by atoms with E-state index in [0.29, 0.717) is 29.8 Å². The number of hydrogen-bond acceptors (Lipinski definition) is 5. The van der Waals surface area contributed by atoms with Gasteiger partial charge in [-0.15, -0.1) is 0 Å². The van der Waals surface area contributed by atoms with E-state index < -0.39 is 24.2 Å². The third kappa shape index (κ3) is 4.47. The van der Waals surface area contributed by atoms with Crippen LogP contribution in [0.4, 0.5) is 25.0 Å². The van der Waals surface area contributed by atoms with Crippen molar-refractivity contribution in [3.05, 3.63) is 35.2 Å². The summed E-state index contributed by atoms with van der Waals surface area (Å²) in [5, 5.41) is 11.5. The van der Waals surface area contributed by atoms with Crippen LogP contribution in [0.25, 0.3) is 0 Å². The van der Waals surface area contributed by atoms with Crippen LogP contribution in [-0.2, 0) is 9.53 Å². The van der Waals surface area contributed by atoms with E-state index in [4.69, 9.17) is 10.00 Å². The normalized spacial score (nSPS) is 23.5. The molecule has 0 spiro atoms. The van der Waals surface area contributed by atoms with Crippen LogP contribution in [0, 0.1) is 17.1 Å². The summed E-state index contributed by atoms with van der Waals surface area (Å²) in [6.45, 7) is 3.69. The number of hydrogen-bond donors (Lipinski definition) is 1. The van der Waals surface area contributed by atoms with Gasteiger partial charge in [0.25, 0.3) is 0 Å². The first-order chi connectivity index (χ1) is 13.8. The van der Waals surface area contributed by atoms with Gasteiger partial charge < -0.3 is 15.0 Å². The van der Waals surface area contributed by atoms with Crippen molar-refractivity contribution in [1.29, 1.82) is 5.26 Å². The Balaban J connectivity index is 1.71. The van der Waals surface area contributed by atoms with Crippen LogP contribution < -0.4 is 15.1 Å². The molecule has 1 aromatic rings. The Morgan fingerprint density at radius 3 is 2.76 bits per heavy atom. The first-order valence-electron chi connectivity index (χ1n) is 9.31. The summed E-state index contributed by atoms with van der Waals surface area (Å²) in [5.41, 5.74) is 1.41. The number of halogens is 2. The predicted octanol–water partition coefficient (Wildman–Crippen LogP) is 2.68. The number of nitrogens with zero attached hydrogens (tertiary/aromatic N) is 3. The van der Waals surface area contributed by atoms with Gasteiger partial charge in [0, 0.05) is 19.0 Å². The van der Waals surface area contributed by atoms with Gasteiger partial charge in [0.05, 0.1) is 37.1 Å². The van der Waals surface area contributed by atoms with E-state index >= 15 is 0 Å². The van der Waals surface area contributed by atoms with Crippen molar-refractivity contribution >= 4 is 23.4 Å². The quantitative estimate of drug-likeness (QED) is 0.780. The SMILES string of the molecule is CC(=O)NCC1CN(c2ccc(N3CC/C(=C(/C)C#N)C(F)C3)c(F)c2)C(=O)O1. The number of cyclic esters (lactones) is 1. The van der Waals surface area contributed by atoms with E-state index in [0.717, 1.165) is 0 Å². The van der Waals surface area contributed by atoms with Gasteiger partial charge in [-0.25, -0.2) is 13.6 Å². The molecule has 154 valence electrons. The zero-order chi connectivity index (χ0) is 21.1. The first kappa shape index (κ1) is 20.6. The van der Waals surface area contributed by atoms with E-state index in [-0.39, 0.29) is 31.2 Å². The van der Waals surface area contributed by atoms with Crippen LogP contribution in [0.2, 0.25) is 0 Å². The molecule has 2 unspecified atom stereocenters. The number of ether oxygens (including phenoxy) is 1. The van der Waals surface area contributed by atoms with E-state index in [1.54, 1.807) is 17.9 Å². The van der Waals surface area contributed by atoms with E-state index in [2.05, 4.69) is 5.32 Å². The number of alkyl halides is 1. The summed E-state index contributed by atoms with van der Waals surface area (Å²) in [6.07, 6.45) is -2.11. The average molecular weight is 404 g/mol. The third-order valence-corrected chi connectivity index (χ3v) is 5.10. The molecule has 0 radical (unpaired) electrons. The minimum Gasteiger partial charge on any atom is -0.442 e. The van der Waals surface area contributed by atoms with Crippen LogP contribution in [0.15, 0.2) is 29.3 Å². The maximum Gasteiger partial charge on any atom is 0.414 e. The second kappa shape index (κ2) is 8.47. The molecule has 1 N–H and O–H groups in total. The fourth-order valence-electron chi connectivity index (χ4n) is 3.54. The predicted molar refractivity (Wildman–Crippen MR) is 103 cm³/mol. The highest BCUT2D eigenvalue weighted by molar-refractivity contribution is 5.90. The maximum absolute atomic E-state index is 14.8. The van der Waals surface area contributed by atoms with Crippen molar-refractivity contribution in [3.63, 3.8) is 0 Å². The number of anilines is 2. The van der Waals surface area contributed by atoms with Gasteiger partial charge in [0.1, 0.15) is 18.1 Å². The van der Waals surface area contributed by atoms with Gasteiger partial charge in [-0.2, -0.15) is 5.26 Å². The van der Waals surface area contributed by atoms with Crippen molar-refractivity contribution in [2.45, 2.75) is 32.5 Å². The Morgan fingerprint density at radius 1 is 1.38 bits per heavy atom. The van der Waals surface area contributed by atoms with Gasteiger partial charge in [-0.1, -0.05) is 0 Å². The second-order valence-corrected chi connectivity index (χ2v) is 7.11. The molecular formula is C20H22F2N4O3. The molecule has 7 nitrogen and oxygen atoms in total. The topological polar surface area (TPSA) is 85.7 Å². The number of carbonyl (C=O) groups is 2. The highest BCUT2D eigenvalue weighted by Gasteiger charge is 2.33. The van der Waals surface area contributed by atoms with Gasteiger partial charge in [0.15, 0.2) is 0 Å². The van der Waals surface area contributed by atoms with Crippen molar-refractivity contribution in [2.24, 2.45) is 0 Å². The Hall–Kier alpha value is -3.15. The zero-order valence-electron chi connectivity index (χ0n) is 16.2. The molecule has 2 aliphatic rings. The minimum absolute atomic E-state index is 0.0326. The van der Waals surface area contributed by atoms with Crippen LogP contribution in [-0.4, -0.2) is 50.5 Å². The van der Waals surface area contributed by atoms with Crippen molar-refractivity contribution in [1.82, 2.24) is 5.32 Å². The fraction of sp³-hybridized carbons (Fsp3) is 0.450. The Morgan fingerprint density at radius 2 is 2.14 bits per heavy atom. The smallest absolute Gasteiger partial charge is 0.414 e. The molecule has 0 aliphatic carbocycles. The number of benzene rings is 1. The number of carbonyl (C=O) groups excluding carboxylic acids is 2. The third-order valence-electron chi connectivity index (χ3n) is 5.10. The van der Waals surface area contributed by atoms with Crippen molar-refractivity contribution < 1.29 is 23.1 Å².